The molecule has 0 bridgehead atoms. The molecule has 0 saturated carbocycles. The van der Waals surface area contributed by atoms with Crippen LogP contribution < -0.4 is 5.32 Å². The fourth-order valence-electron chi connectivity index (χ4n) is 2.76. The van der Waals surface area contributed by atoms with E-state index < -0.39 is 10.8 Å². The van der Waals surface area contributed by atoms with Crippen LogP contribution >= 0.6 is 0 Å². The molecule has 1 aromatic rings. The SMILES string of the molecule is CCNC(=NCCS(=O)Cc1ccccc1)N(C)CC1CCOC1. The number of nitrogens with one attached hydrogen (secondary N) is 1. The minimum atomic E-state index is -0.882. The van der Waals surface area contributed by atoms with E-state index in [1.807, 2.05) is 30.3 Å². The summed E-state index contributed by atoms with van der Waals surface area (Å²) >= 11 is 0. The second kappa shape index (κ2) is 10.5. The third-order valence-corrected chi connectivity index (χ3v) is 5.30. The van der Waals surface area contributed by atoms with E-state index in [-0.39, 0.29) is 0 Å². The summed E-state index contributed by atoms with van der Waals surface area (Å²) in [7, 11) is 1.17. The monoisotopic (exact) mass is 351 g/mol. The second-order valence-electron chi connectivity index (χ2n) is 6.12. The lowest BCUT2D eigenvalue weighted by Gasteiger charge is -2.24. The Morgan fingerprint density at radius 2 is 2.21 bits per heavy atom. The highest BCUT2D eigenvalue weighted by Gasteiger charge is 2.19. The van der Waals surface area contributed by atoms with E-state index in [1.54, 1.807) is 0 Å². The number of benzene rings is 1. The van der Waals surface area contributed by atoms with Crippen LogP contribution in [0.2, 0.25) is 0 Å². The van der Waals surface area contributed by atoms with Crippen molar-refractivity contribution in [1.29, 1.82) is 0 Å². The van der Waals surface area contributed by atoms with Crippen LogP contribution in [0.4, 0.5) is 0 Å². The number of hydrogen-bond acceptors (Lipinski definition) is 3. The molecule has 1 aliphatic rings. The molecule has 2 unspecified atom stereocenters. The average molecular weight is 352 g/mol. The molecule has 0 aliphatic carbocycles. The molecular weight excluding hydrogens is 322 g/mol. The summed E-state index contributed by atoms with van der Waals surface area (Å²) in [5, 5.41) is 3.32. The summed E-state index contributed by atoms with van der Waals surface area (Å²) in [6, 6.07) is 9.97. The van der Waals surface area contributed by atoms with Gasteiger partial charge in [-0.15, -0.1) is 0 Å². The zero-order valence-electron chi connectivity index (χ0n) is 14.7. The van der Waals surface area contributed by atoms with Gasteiger partial charge in [-0.2, -0.15) is 0 Å². The Morgan fingerprint density at radius 1 is 1.42 bits per heavy atom. The largest absolute Gasteiger partial charge is 0.381 e. The van der Waals surface area contributed by atoms with Crippen molar-refractivity contribution in [2.45, 2.75) is 19.1 Å². The van der Waals surface area contributed by atoms with Crippen LogP contribution in [-0.2, 0) is 21.3 Å². The molecule has 0 radical (unpaired) electrons. The van der Waals surface area contributed by atoms with Gasteiger partial charge in [0.2, 0.25) is 0 Å². The quantitative estimate of drug-likeness (QED) is 0.574. The summed E-state index contributed by atoms with van der Waals surface area (Å²) < 4.78 is 17.6. The first-order chi connectivity index (χ1) is 11.7. The highest BCUT2D eigenvalue weighted by Crippen LogP contribution is 2.13. The van der Waals surface area contributed by atoms with Gasteiger partial charge in [-0.25, -0.2) is 0 Å². The van der Waals surface area contributed by atoms with Gasteiger partial charge < -0.3 is 15.0 Å². The molecule has 2 rings (SSSR count). The van der Waals surface area contributed by atoms with Crippen LogP contribution in [0.3, 0.4) is 0 Å². The molecule has 6 heteroatoms. The van der Waals surface area contributed by atoms with Crippen molar-refractivity contribution in [1.82, 2.24) is 10.2 Å². The zero-order chi connectivity index (χ0) is 17.2. The average Bonchev–Trinajstić information content (AvgIpc) is 3.08. The van der Waals surface area contributed by atoms with Gasteiger partial charge in [0.15, 0.2) is 5.96 Å². The normalized spacial score (nSPS) is 19.2. The Labute approximate surface area is 147 Å². The molecule has 1 aromatic carbocycles. The van der Waals surface area contributed by atoms with Gasteiger partial charge in [0.25, 0.3) is 0 Å². The van der Waals surface area contributed by atoms with Crippen molar-refractivity contribution in [2.75, 3.05) is 45.6 Å². The first kappa shape index (κ1) is 18.9. The molecule has 134 valence electrons. The molecule has 1 aliphatic heterocycles. The standard InChI is InChI=1S/C18H29N3O2S/c1-3-19-18(21(2)13-17-9-11-23-14-17)20-10-12-24(22)15-16-7-5-4-6-8-16/h4-8,17H,3,9-15H2,1-2H3,(H,19,20). The Hall–Kier alpha value is -1.40. The van der Waals surface area contributed by atoms with Gasteiger partial charge in [-0.05, 0) is 18.9 Å². The number of hydrogen-bond donors (Lipinski definition) is 1. The maximum atomic E-state index is 12.2. The second-order valence-corrected chi connectivity index (χ2v) is 7.70. The number of aliphatic imine (C=N–C) groups is 1. The summed E-state index contributed by atoms with van der Waals surface area (Å²) in [6.07, 6.45) is 1.12. The summed E-state index contributed by atoms with van der Waals surface area (Å²) in [5.41, 5.74) is 1.12. The van der Waals surface area contributed by atoms with Gasteiger partial charge in [0.1, 0.15) is 0 Å². The number of guanidine groups is 1. The van der Waals surface area contributed by atoms with Crippen LogP contribution in [0.1, 0.15) is 18.9 Å². The van der Waals surface area contributed by atoms with Crippen molar-refractivity contribution >= 4 is 16.8 Å². The molecule has 2 atom stereocenters. The summed E-state index contributed by atoms with van der Waals surface area (Å²) in [5.74, 6) is 2.65. The molecule has 1 saturated heterocycles. The van der Waals surface area contributed by atoms with Crippen molar-refractivity contribution in [3.8, 4) is 0 Å². The Morgan fingerprint density at radius 3 is 2.88 bits per heavy atom. The first-order valence-electron chi connectivity index (χ1n) is 8.65. The van der Waals surface area contributed by atoms with Crippen LogP contribution in [0.25, 0.3) is 0 Å². The number of rotatable bonds is 8. The molecule has 5 nitrogen and oxygen atoms in total. The van der Waals surface area contributed by atoms with E-state index in [2.05, 4.69) is 29.2 Å². The highest BCUT2D eigenvalue weighted by atomic mass is 32.2. The lowest BCUT2D eigenvalue weighted by molar-refractivity contribution is 0.181. The van der Waals surface area contributed by atoms with E-state index in [1.165, 1.54) is 0 Å². The molecule has 0 aromatic heterocycles. The predicted octanol–water partition coefficient (Wildman–Crippen LogP) is 1.87. The van der Waals surface area contributed by atoms with Crippen molar-refractivity contribution in [3.63, 3.8) is 0 Å². The van der Waals surface area contributed by atoms with Gasteiger partial charge in [0, 0.05) is 55.0 Å². The number of ether oxygens (including phenoxy) is 1. The van der Waals surface area contributed by atoms with E-state index in [0.29, 0.717) is 24.0 Å². The fraction of sp³-hybridized carbons (Fsp3) is 0.611. The van der Waals surface area contributed by atoms with Gasteiger partial charge in [-0.3, -0.25) is 9.20 Å². The fourth-order valence-corrected chi connectivity index (χ4v) is 3.76. The lowest BCUT2D eigenvalue weighted by atomic mass is 10.1. The third-order valence-electron chi connectivity index (χ3n) is 4.00. The van der Waals surface area contributed by atoms with Crippen LogP contribution in [0.15, 0.2) is 35.3 Å². The van der Waals surface area contributed by atoms with Crippen LogP contribution in [0.5, 0.6) is 0 Å². The minimum absolute atomic E-state index is 0.575. The summed E-state index contributed by atoms with van der Waals surface area (Å²) in [4.78, 5) is 6.79. The smallest absolute Gasteiger partial charge is 0.193 e. The van der Waals surface area contributed by atoms with Gasteiger partial charge in [0.05, 0.1) is 13.2 Å². The number of nitrogens with zero attached hydrogens (tertiary/aromatic N) is 2. The van der Waals surface area contributed by atoms with Gasteiger partial charge >= 0.3 is 0 Å². The first-order valence-corrected chi connectivity index (χ1v) is 10.1. The van der Waals surface area contributed by atoms with E-state index in [4.69, 9.17) is 4.74 Å². The third kappa shape index (κ3) is 6.61. The maximum absolute atomic E-state index is 12.2. The Balaban J connectivity index is 1.80. The molecule has 0 spiro atoms. The van der Waals surface area contributed by atoms with E-state index in [9.17, 15) is 4.21 Å². The van der Waals surface area contributed by atoms with Crippen molar-refractivity contribution in [2.24, 2.45) is 10.9 Å². The van der Waals surface area contributed by atoms with E-state index >= 15 is 0 Å². The molecule has 1 fully saturated rings. The van der Waals surface area contributed by atoms with Gasteiger partial charge in [-0.1, -0.05) is 30.3 Å². The van der Waals surface area contributed by atoms with Crippen molar-refractivity contribution in [3.05, 3.63) is 35.9 Å². The summed E-state index contributed by atoms with van der Waals surface area (Å²) in [6.45, 7) is 6.12. The zero-order valence-corrected chi connectivity index (χ0v) is 15.6. The molecule has 0 amide bonds. The molecule has 1 N–H and O–H groups in total. The molecule has 1 heterocycles. The van der Waals surface area contributed by atoms with Crippen LogP contribution in [0, 0.1) is 5.92 Å². The predicted molar refractivity (Wildman–Crippen MR) is 101 cm³/mol. The van der Waals surface area contributed by atoms with Crippen LogP contribution in [-0.4, -0.2) is 60.7 Å². The minimum Gasteiger partial charge on any atom is -0.381 e. The van der Waals surface area contributed by atoms with E-state index in [0.717, 1.165) is 44.2 Å². The maximum Gasteiger partial charge on any atom is 0.193 e. The molecule has 24 heavy (non-hydrogen) atoms. The van der Waals surface area contributed by atoms with Crippen molar-refractivity contribution < 1.29 is 8.95 Å². The highest BCUT2D eigenvalue weighted by molar-refractivity contribution is 7.84. The Bertz CT molecular complexity index is 530. The topological polar surface area (TPSA) is 53.9 Å². The lowest BCUT2D eigenvalue weighted by Crippen LogP contribution is -2.41. The Kier molecular flexibility index (Phi) is 8.25. The molecular formula is C18H29N3O2S.